The number of halogens is 1. The van der Waals surface area contributed by atoms with Crippen LogP contribution in [-0.2, 0) is 0 Å². The highest BCUT2D eigenvalue weighted by Crippen LogP contribution is 2.41. The van der Waals surface area contributed by atoms with Gasteiger partial charge in [-0.1, -0.05) is 0 Å². The number of hydrogen-bond acceptors (Lipinski definition) is 4. The van der Waals surface area contributed by atoms with Gasteiger partial charge in [0.2, 0.25) is 0 Å². The predicted octanol–water partition coefficient (Wildman–Crippen LogP) is 3.74. The molecule has 1 aliphatic rings. The molecule has 1 saturated carbocycles. The summed E-state index contributed by atoms with van der Waals surface area (Å²) < 4.78 is 1.07. The third-order valence-electron chi connectivity index (χ3n) is 3.01. The maximum atomic E-state index is 5.98. The molecule has 0 spiro atoms. The minimum absolute atomic E-state index is 0.522. The van der Waals surface area contributed by atoms with Crippen molar-refractivity contribution in [3.8, 4) is 11.3 Å². The summed E-state index contributed by atoms with van der Waals surface area (Å²) in [5.74, 6) is 2.03. The van der Waals surface area contributed by atoms with Gasteiger partial charge in [-0.3, -0.25) is 0 Å². The van der Waals surface area contributed by atoms with E-state index in [-0.39, 0.29) is 0 Å². The molecule has 2 aromatic rings. The molecule has 3 rings (SSSR count). The molecule has 0 radical (unpaired) electrons. The lowest BCUT2D eigenvalue weighted by atomic mass is 10.1. The molecule has 88 valence electrons. The fraction of sp³-hybridized carbons (Fsp3) is 0.333. The quantitative estimate of drug-likeness (QED) is 0.919. The van der Waals surface area contributed by atoms with Gasteiger partial charge in [-0.25, -0.2) is 9.97 Å². The van der Waals surface area contributed by atoms with Gasteiger partial charge in [0.1, 0.15) is 11.6 Å². The Labute approximate surface area is 112 Å². The molecule has 1 aliphatic carbocycles. The number of nitrogen functional groups attached to an aromatic ring is 1. The Hall–Kier alpha value is -0.940. The van der Waals surface area contributed by atoms with Crippen molar-refractivity contribution in [3.63, 3.8) is 0 Å². The van der Waals surface area contributed by atoms with Gasteiger partial charge in [0.15, 0.2) is 0 Å². The van der Waals surface area contributed by atoms with Gasteiger partial charge >= 0.3 is 0 Å². The SMILES string of the molecule is Cc1c(N)nc(C2CC2)nc1-c1cscc1Br. The molecule has 0 aliphatic heterocycles. The Morgan fingerprint density at radius 3 is 2.71 bits per heavy atom. The summed E-state index contributed by atoms with van der Waals surface area (Å²) in [4.78, 5) is 9.07. The zero-order chi connectivity index (χ0) is 12.0. The first-order valence-corrected chi connectivity index (χ1v) is 7.26. The van der Waals surface area contributed by atoms with Gasteiger partial charge in [-0.2, -0.15) is 11.3 Å². The minimum Gasteiger partial charge on any atom is -0.383 e. The number of anilines is 1. The number of hydrogen-bond donors (Lipinski definition) is 1. The zero-order valence-corrected chi connectivity index (χ0v) is 11.8. The lowest BCUT2D eigenvalue weighted by Gasteiger charge is -2.09. The van der Waals surface area contributed by atoms with E-state index in [1.807, 2.05) is 6.92 Å². The highest BCUT2D eigenvalue weighted by molar-refractivity contribution is 9.10. The second kappa shape index (κ2) is 4.07. The van der Waals surface area contributed by atoms with Crippen molar-refractivity contribution in [1.29, 1.82) is 0 Å². The summed E-state index contributed by atoms with van der Waals surface area (Å²) in [6.07, 6.45) is 2.37. The second-order valence-electron chi connectivity index (χ2n) is 4.35. The van der Waals surface area contributed by atoms with E-state index >= 15 is 0 Å². The Balaban J connectivity index is 2.17. The molecular formula is C12H12BrN3S. The Morgan fingerprint density at radius 1 is 1.35 bits per heavy atom. The maximum absolute atomic E-state index is 5.98. The average Bonchev–Trinajstić information content (AvgIpc) is 3.06. The number of aromatic nitrogens is 2. The van der Waals surface area contributed by atoms with Crippen LogP contribution >= 0.6 is 27.3 Å². The number of nitrogens with two attached hydrogens (primary N) is 1. The molecule has 0 amide bonds. The third-order valence-corrected chi connectivity index (χ3v) is 4.72. The maximum Gasteiger partial charge on any atom is 0.134 e. The topological polar surface area (TPSA) is 51.8 Å². The molecule has 0 unspecified atom stereocenters. The molecular weight excluding hydrogens is 298 g/mol. The van der Waals surface area contributed by atoms with E-state index in [0.717, 1.165) is 27.1 Å². The summed E-state index contributed by atoms with van der Waals surface area (Å²) in [5.41, 5.74) is 9.03. The van der Waals surface area contributed by atoms with Gasteiger partial charge in [-0.15, -0.1) is 0 Å². The predicted molar refractivity (Wildman–Crippen MR) is 74.2 cm³/mol. The molecule has 2 N–H and O–H groups in total. The number of thiophene rings is 1. The molecule has 5 heteroatoms. The van der Waals surface area contributed by atoms with Gasteiger partial charge < -0.3 is 5.73 Å². The van der Waals surface area contributed by atoms with Gasteiger partial charge in [-0.05, 0) is 35.7 Å². The first kappa shape index (κ1) is 11.2. The molecule has 2 aromatic heterocycles. The summed E-state index contributed by atoms with van der Waals surface area (Å²) in [6.45, 7) is 1.98. The molecule has 2 heterocycles. The van der Waals surface area contributed by atoms with Crippen molar-refractivity contribution in [2.24, 2.45) is 0 Å². The van der Waals surface area contributed by atoms with Gasteiger partial charge in [0.05, 0.1) is 5.69 Å². The smallest absolute Gasteiger partial charge is 0.134 e. The molecule has 17 heavy (non-hydrogen) atoms. The van der Waals surface area contributed by atoms with E-state index in [2.05, 4.69) is 36.7 Å². The van der Waals surface area contributed by atoms with Crippen LogP contribution in [0.4, 0.5) is 5.82 Å². The fourth-order valence-corrected chi connectivity index (χ4v) is 3.26. The summed E-state index contributed by atoms with van der Waals surface area (Å²) in [7, 11) is 0. The van der Waals surface area contributed by atoms with E-state index < -0.39 is 0 Å². The molecule has 0 atom stereocenters. The van der Waals surface area contributed by atoms with E-state index in [1.54, 1.807) is 11.3 Å². The highest BCUT2D eigenvalue weighted by atomic mass is 79.9. The molecule has 0 bridgehead atoms. The largest absolute Gasteiger partial charge is 0.383 e. The van der Waals surface area contributed by atoms with E-state index in [9.17, 15) is 0 Å². The van der Waals surface area contributed by atoms with Gasteiger partial charge in [0, 0.05) is 32.3 Å². The third kappa shape index (κ3) is 1.98. The van der Waals surface area contributed by atoms with Crippen molar-refractivity contribution in [2.75, 3.05) is 5.73 Å². The normalized spacial score (nSPS) is 15.2. The first-order chi connectivity index (χ1) is 8.16. The van der Waals surface area contributed by atoms with Crippen LogP contribution in [0.1, 0.15) is 30.1 Å². The van der Waals surface area contributed by atoms with Crippen LogP contribution in [-0.4, -0.2) is 9.97 Å². The van der Waals surface area contributed by atoms with Crippen molar-refractivity contribution >= 4 is 33.1 Å². The number of rotatable bonds is 2. The average molecular weight is 310 g/mol. The fourth-order valence-electron chi connectivity index (χ4n) is 1.79. The second-order valence-corrected chi connectivity index (χ2v) is 5.95. The van der Waals surface area contributed by atoms with Crippen LogP contribution in [0.15, 0.2) is 15.2 Å². The monoisotopic (exact) mass is 309 g/mol. The molecule has 0 saturated heterocycles. The van der Waals surface area contributed by atoms with E-state index in [4.69, 9.17) is 5.73 Å². The minimum atomic E-state index is 0.522. The van der Waals surface area contributed by atoms with Crippen molar-refractivity contribution in [1.82, 2.24) is 9.97 Å². The van der Waals surface area contributed by atoms with Gasteiger partial charge in [0.25, 0.3) is 0 Å². The zero-order valence-electron chi connectivity index (χ0n) is 9.40. The van der Waals surface area contributed by atoms with Crippen LogP contribution < -0.4 is 5.73 Å². The summed E-state index contributed by atoms with van der Waals surface area (Å²) in [6, 6.07) is 0. The van der Waals surface area contributed by atoms with E-state index in [1.165, 1.54) is 12.8 Å². The van der Waals surface area contributed by atoms with Crippen molar-refractivity contribution in [3.05, 3.63) is 26.6 Å². The molecule has 1 fully saturated rings. The lowest BCUT2D eigenvalue weighted by Crippen LogP contribution is -2.03. The van der Waals surface area contributed by atoms with Crippen LogP contribution in [0.5, 0.6) is 0 Å². The Morgan fingerprint density at radius 2 is 2.12 bits per heavy atom. The molecule has 3 nitrogen and oxygen atoms in total. The Bertz CT molecular complexity index is 575. The Kier molecular flexibility index (Phi) is 2.67. The van der Waals surface area contributed by atoms with Crippen molar-refractivity contribution in [2.45, 2.75) is 25.7 Å². The van der Waals surface area contributed by atoms with Crippen LogP contribution in [0.2, 0.25) is 0 Å². The van der Waals surface area contributed by atoms with Crippen molar-refractivity contribution < 1.29 is 0 Å². The standard InChI is InChI=1S/C12H12BrN3S/c1-6-10(8-4-17-5-9(8)13)15-12(7-2-3-7)16-11(6)14/h4-5,7H,2-3H2,1H3,(H2,14,15,16). The molecule has 0 aromatic carbocycles. The van der Waals surface area contributed by atoms with Crippen LogP contribution in [0, 0.1) is 6.92 Å². The number of nitrogens with zero attached hydrogens (tertiary/aromatic N) is 2. The van der Waals surface area contributed by atoms with Crippen LogP contribution in [0.3, 0.4) is 0 Å². The summed E-state index contributed by atoms with van der Waals surface area (Å²) >= 11 is 5.21. The summed E-state index contributed by atoms with van der Waals surface area (Å²) in [5, 5.41) is 4.15. The highest BCUT2D eigenvalue weighted by Gasteiger charge is 2.28. The lowest BCUT2D eigenvalue weighted by molar-refractivity contribution is 0.928. The first-order valence-electron chi connectivity index (χ1n) is 5.53. The van der Waals surface area contributed by atoms with E-state index in [0.29, 0.717) is 11.7 Å². The van der Waals surface area contributed by atoms with Crippen LogP contribution in [0.25, 0.3) is 11.3 Å².